The minimum absolute atomic E-state index is 0.0880. The summed E-state index contributed by atoms with van der Waals surface area (Å²) in [6, 6.07) is 18.4. The molecule has 0 bridgehead atoms. The summed E-state index contributed by atoms with van der Waals surface area (Å²) >= 11 is 6.16. The number of amides is 1. The Kier molecular flexibility index (Phi) is 7.43. The lowest BCUT2D eigenvalue weighted by atomic mass is 10.2. The van der Waals surface area contributed by atoms with Gasteiger partial charge in [0.25, 0.3) is 10.0 Å². The third kappa shape index (κ3) is 5.41. The Morgan fingerprint density at radius 2 is 1.72 bits per heavy atom. The zero-order valence-corrected chi connectivity index (χ0v) is 19.7. The average molecular weight is 473 g/mol. The molecule has 0 aromatic heterocycles. The van der Waals surface area contributed by atoms with Crippen LogP contribution >= 0.6 is 11.6 Å². The number of hydrogen-bond donors (Lipinski definition) is 1. The Morgan fingerprint density at radius 1 is 1.03 bits per heavy atom. The van der Waals surface area contributed by atoms with Crippen molar-refractivity contribution in [1.29, 1.82) is 0 Å². The summed E-state index contributed by atoms with van der Waals surface area (Å²) < 4.78 is 33.7. The van der Waals surface area contributed by atoms with Crippen molar-refractivity contribution in [2.75, 3.05) is 22.8 Å². The van der Waals surface area contributed by atoms with Crippen molar-refractivity contribution < 1.29 is 17.9 Å². The lowest BCUT2D eigenvalue weighted by Gasteiger charge is -2.26. The lowest BCUT2D eigenvalue weighted by molar-refractivity contribution is -0.114. The van der Waals surface area contributed by atoms with Gasteiger partial charge in [-0.3, -0.25) is 9.10 Å². The smallest absolute Gasteiger partial charge is 0.264 e. The number of carbonyl (C=O) groups excluding carboxylic acids is 1. The normalized spacial score (nSPS) is 11.1. The SMILES string of the molecule is CCOc1ccccc1NC(=O)CN(c1cc(Cl)ccc1C)S(=O)(=O)c1ccc(C)cc1. The van der Waals surface area contributed by atoms with Crippen LogP contribution in [0.1, 0.15) is 18.1 Å². The molecule has 0 aliphatic carbocycles. The van der Waals surface area contributed by atoms with Crippen LogP contribution in [0, 0.1) is 13.8 Å². The highest BCUT2D eigenvalue weighted by molar-refractivity contribution is 7.92. The molecule has 8 heteroatoms. The highest BCUT2D eigenvalue weighted by Gasteiger charge is 2.28. The minimum atomic E-state index is -4.04. The molecule has 6 nitrogen and oxygen atoms in total. The first-order chi connectivity index (χ1) is 15.2. The number of aryl methyl sites for hydroxylation is 2. The monoisotopic (exact) mass is 472 g/mol. The molecule has 1 amide bonds. The van der Waals surface area contributed by atoms with Gasteiger partial charge in [0.2, 0.25) is 5.91 Å². The maximum Gasteiger partial charge on any atom is 0.264 e. The summed E-state index contributed by atoms with van der Waals surface area (Å²) in [5, 5.41) is 3.13. The van der Waals surface area contributed by atoms with Crippen molar-refractivity contribution in [3.8, 4) is 5.75 Å². The van der Waals surface area contributed by atoms with E-state index < -0.39 is 22.5 Å². The van der Waals surface area contributed by atoms with Gasteiger partial charge >= 0.3 is 0 Å². The molecule has 3 rings (SSSR count). The number of nitrogens with one attached hydrogen (secondary N) is 1. The van der Waals surface area contributed by atoms with Crippen molar-refractivity contribution >= 4 is 38.9 Å². The van der Waals surface area contributed by atoms with E-state index >= 15 is 0 Å². The van der Waals surface area contributed by atoms with Gasteiger partial charge in [0.15, 0.2) is 0 Å². The number of nitrogens with zero attached hydrogens (tertiary/aromatic N) is 1. The summed E-state index contributed by atoms with van der Waals surface area (Å²) in [6.45, 7) is 5.49. The molecule has 3 aromatic rings. The number of carbonyl (C=O) groups is 1. The van der Waals surface area contributed by atoms with Crippen LogP contribution in [0.25, 0.3) is 0 Å². The number of halogens is 1. The van der Waals surface area contributed by atoms with Crippen molar-refractivity contribution in [3.63, 3.8) is 0 Å². The fourth-order valence-corrected chi connectivity index (χ4v) is 4.80. The molecule has 32 heavy (non-hydrogen) atoms. The van der Waals surface area contributed by atoms with Crippen LogP contribution in [0.2, 0.25) is 5.02 Å². The predicted molar refractivity (Wildman–Crippen MR) is 128 cm³/mol. The first kappa shape index (κ1) is 23.6. The molecular formula is C24H25ClN2O4S. The molecule has 0 atom stereocenters. The Balaban J connectivity index is 1.99. The fourth-order valence-electron chi connectivity index (χ4n) is 3.16. The van der Waals surface area contributed by atoms with E-state index in [2.05, 4.69) is 5.32 Å². The lowest BCUT2D eigenvalue weighted by Crippen LogP contribution is -2.38. The molecule has 0 unspecified atom stereocenters. The third-order valence-corrected chi connectivity index (χ3v) is 6.81. The quantitative estimate of drug-likeness (QED) is 0.489. The van der Waals surface area contributed by atoms with Crippen molar-refractivity contribution in [2.45, 2.75) is 25.7 Å². The van der Waals surface area contributed by atoms with Gasteiger partial charge in [0, 0.05) is 5.02 Å². The summed E-state index contributed by atoms with van der Waals surface area (Å²) in [5.41, 5.74) is 2.41. The first-order valence-corrected chi connectivity index (χ1v) is 11.9. The van der Waals surface area contributed by atoms with Crippen molar-refractivity contribution in [3.05, 3.63) is 82.9 Å². The third-order valence-electron chi connectivity index (χ3n) is 4.80. The van der Waals surface area contributed by atoms with Crippen LogP contribution in [0.15, 0.2) is 71.6 Å². The Labute approximate surface area is 193 Å². The molecule has 1 N–H and O–H groups in total. The summed E-state index contributed by atoms with van der Waals surface area (Å²) in [6.07, 6.45) is 0. The summed E-state index contributed by atoms with van der Waals surface area (Å²) in [5.74, 6) is 0.00226. The van der Waals surface area contributed by atoms with Gasteiger partial charge in [0.05, 0.1) is 22.9 Å². The number of benzene rings is 3. The molecule has 0 radical (unpaired) electrons. The molecule has 0 saturated carbocycles. The molecule has 0 fully saturated rings. The van der Waals surface area contributed by atoms with E-state index in [1.165, 1.54) is 12.1 Å². The topological polar surface area (TPSA) is 75.7 Å². The van der Waals surface area contributed by atoms with E-state index in [0.29, 0.717) is 34.3 Å². The first-order valence-electron chi connectivity index (χ1n) is 10.1. The largest absolute Gasteiger partial charge is 0.492 e. The minimum Gasteiger partial charge on any atom is -0.492 e. The second kappa shape index (κ2) is 10.1. The van der Waals surface area contributed by atoms with Gasteiger partial charge in [-0.1, -0.05) is 47.5 Å². The fraction of sp³-hybridized carbons (Fsp3) is 0.208. The van der Waals surface area contributed by atoms with Gasteiger partial charge in [-0.2, -0.15) is 0 Å². The number of sulfonamides is 1. The number of ether oxygens (including phenoxy) is 1. The number of anilines is 2. The average Bonchev–Trinajstić information content (AvgIpc) is 2.76. The van der Waals surface area contributed by atoms with Crippen LogP contribution in [-0.2, 0) is 14.8 Å². The number of rotatable bonds is 8. The van der Waals surface area contributed by atoms with E-state index in [1.807, 2.05) is 13.8 Å². The zero-order chi connectivity index (χ0) is 23.3. The van der Waals surface area contributed by atoms with Gasteiger partial charge in [-0.25, -0.2) is 8.42 Å². The van der Waals surface area contributed by atoms with Crippen LogP contribution in [0.4, 0.5) is 11.4 Å². The predicted octanol–water partition coefficient (Wildman–Crippen LogP) is 5.19. The highest BCUT2D eigenvalue weighted by atomic mass is 35.5. The standard InChI is InChI=1S/C24H25ClN2O4S/c1-4-31-23-8-6-5-7-21(23)26-24(28)16-27(22-15-19(25)12-11-18(22)3)32(29,30)20-13-9-17(2)10-14-20/h5-15H,4,16H2,1-3H3,(H,26,28). The van der Waals surface area contributed by atoms with Crippen LogP contribution < -0.4 is 14.4 Å². The van der Waals surface area contributed by atoms with E-state index in [1.54, 1.807) is 61.5 Å². The van der Waals surface area contributed by atoms with Crippen LogP contribution in [0.5, 0.6) is 5.75 Å². The molecule has 0 aliphatic heterocycles. The molecule has 0 aliphatic rings. The van der Waals surface area contributed by atoms with Crippen molar-refractivity contribution in [2.24, 2.45) is 0 Å². The van der Waals surface area contributed by atoms with Crippen LogP contribution in [0.3, 0.4) is 0 Å². The maximum absolute atomic E-state index is 13.5. The second-order valence-corrected chi connectivity index (χ2v) is 9.53. The molecule has 0 spiro atoms. The Hall–Kier alpha value is -3.03. The molecular weight excluding hydrogens is 448 g/mol. The molecule has 0 saturated heterocycles. The summed E-state index contributed by atoms with van der Waals surface area (Å²) in [4.78, 5) is 13.1. The van der Waals surface area contributed by atoms with E-state index in [4.69, 9.17) is 16.3 Å². The van der Waals surface area contributed by atoms with Gasteiger partial charge in [-0.05, 0) is 62.7 Å². The molecule has 168 valence electrons. The van der Waals surface area contributed by atoms with Crippen molar-refractivity contribution in [1.82, 2.24) is 0 Å². The zero-order valence-electron chi connectivity index (χ0n) is 18.1. The molecule has 0 heterocycles. The highest BCUT2D eigenvalue weighted by Crippen LogP contribution is 2.30. The van der Waals surface area contributed by atoms with E-state index in [-0.39, 0.29) is 4.90 Å². The number of para-hydroxylation sites is 2. The van der Waals surface area contributed by atoms with Gasteiger partial charge in [0.1, 0.15) is 12.3 Å². The van der Waals surface area contributed by atoms with Crippen LogP contribution in [-0.4, -0.2) is 27.5 Å². The van der Waals surface area contributed by atoms with E-state index in [9.17, 15) is 13.2 Å². The molecule has 3 aromatic carbocycles. The number of hydrogen-bond acceptors (Lipinski definition) is 4. The maximum atomic E-state index is 13.5. The second-order valence-electron chi connectivity index (χ2n) is 7.23. The summed E-state index contributed by atoms with van der Waals surface area (Å²) in [7, 11) is -4.04. The Bertz CT molecular complexity index is 1210. The van der Waals surface area contributed by atoms with E-state index in [0.717, 1.165) is 9.87 Å². The van der Waals surface area contributed by atoms with Gasteiger partial charge in [-0.15, -0.1) is 0 Å². The van der Waals surface area contributed by atoms with Gasteiger partial charge < -0.3 is 10.1 Å². The Morgan fingerprint density at radius 3 is 2.41 bits per heavy atom.